The van der Waals surface area contributed by atoms with Crippen LogP contribution in [0.25, 0.3) is 11.1 Å². The predicted molar refractivity (Wildman–Crippen MR) is 135 cm³/mol. The number of amides is 1. The molecule has 3 aromatic rings. The molecule has 0 saturated carbocycles. The van der Waals surface area contributed by atoms with Gasteiger partial charge in [-0.15, -0.1) is 0 Å². The Bertz CT molecular complexity index is 1080. The summed E-state index contributed by atoms with van der Waals surface area (Å²) in [5.74, 6) is 1.04. The zero-order chi connectivity index (χ0) is 23.3. The van der Waals surface area contributed by atoms with Crippen molar-refractivity contribution in [2.75, 3.05) is 44.2 Å². The highest BCUT2D eigenvalue weighted by Gasteiger charge is 2.31. The summed E-state index contributed by atoms with van der Waals surface area (Å²) < 4.78 is 0. The highest BCUT2D eigenvalue weighted by molar-refractivity contribution is 5.80. The first kappa shape index (κ1) is 22.5. The second-order valence-electron chi connectivity index (χ2n) is 9.51. The second kappa shape index (κ2) is 10.3. The molecule has 0 bridgehead atoms. The Morgan fingerprint density at radius 3 is 2.29 bits per heavy atom. The summed E-state index contributed by atoms with van der Waals surface area (Å²) in [5, 5.41) is 0. The lowest BCUT2D eigenvalue weighted by atomic mass is 9.96. The van der Waals surface area contributed by atoms with E-state index in [1.165, 1.54) is 11.1 Å². The fraction of sp³-hybridized carbons (Fsp3) is 0.393. The normalized spacial score (nSPS) is 19.3. The topological polar surface area (TPSA) is 52.6 Å². The van der Waals surface area contributed by atoms with Crippen molar-refractivity contribution in [3.05, 3.63) is 78.1 Å². The van der Waals surface area contributed by atoms with Crippen molar-refractivity contribution in [3.63, 3.8) is 0 Å². The Hall–Kier alpha value is -3.25. The summed E-state index contributed by atoms with van der Waals surface area (Å²) >= 11 is 0. The molecule has 2 fully saturated rings. The van der Waals surface area contributed by atoms with E-state index in [1.54, 1.807) is 0 Å². The summed E-state index contributed by atoms with van der Waals surface area (Å²) in [4.78, 5) is 29.3. The van der Waals surface area contributed by atoms with Crippen LogP contribution in [0.1, 0.15) is 24.0 Å². The predicted octanol–water partition coefficient (Wildman–Crippen LogP) is 4.01. The van der Waals surface area contributed by atoms with Crippen molar-refractivity contribution in [2.45, 2.75) is 26.3 Å². The fourth-order valence-corrected chi connectivity index (χ4v) is 4.97. The van der Waals surface area contributed by atoms with Crippen molar-refractivity contribution in [2.24, 2.45) is 5.92 Å². The lowest BCUT2D eigenvalue weighted by Gasteiger charge is -2.39. The number of aryl methyl sites for hydroxylation is 1. The van der Waals surface area contributed by atoms with Gasteiger partial charge in [0.1, 0.15) is 0 Å². The first-order valence-electron chi connectivity index (χ1n) is 12.3. The molecule has 3 heterocycles. The molecule has 2 aromatic carbocycles. The highest BCUT2D eigenvalue weighted by Crippen LogP contribution is 2.24. The molecule has 176 valence electrons. The van der Waals surface area contributed by atoms with Gasteiger partial charge in [0, 0.05) is 63.8 Å². The summed E-state index contributed by atoms with van der Waals surface area (Å²) in [6.07, 6.45) is 5.73. The molecular weight excluding hydrogens is 422 g/mol. The Labute approximate surface area is 202 Å². The number of piperidine rings is 1. The molecule has 1 aromatic heterocycles. The first-order valence-corrected chi connectivity index (χ1v) is 12.3. The van der Waals surface area contributed by atoms with Crippen LogP contribution in [0.4, 0.5) is 5.95 Å². The smallest absolute Gasteiger partial charge is 0.227 e. The maximum absolute atomic E-state index is 13.3. The third-order valence-corrected chi connectivity index (χ3v) is 7.01. The summed E-state index contributed by atoms with van der Waals surface area (Å²) in [6, 6.07) is 19.0. The third-order valence-electron chi connectivity index (χ3n) is 7.01. The SMILES string of the molecule is Cc1ccc(-c2cnc(N3CCC[C@@H](C(=O)N4CCN(Cc5ccccc5)CC4)C3)nc2)cc1. The average Bonchev–Trinajstić information content (AvgIpc) is 2.90. The summed E-state index contributed by atoms with van der Waals surface area (Å²) in [6.45, 7) is 8.12. The zero-order valence-electron chi connectivity index (χ0n) is 19.9. The van der Waals surface area contributed by atoms with Gasteiger partial charge >= 0.3 is 0 Å². The van der Waals surface area contributed by atoms with Crippen molar-refractivity contribution < 1.29 is 4.79 Å². The van der Waals surface area contributed by atoms with E-state index in [0.717, 1.165) is 69.2 Å². The van der Waals surface area contributed by atoms with Crippen LogP contribution < -0.4 is 4.90 Å². The number of nitrogens with zero attached hydrogens (tertiary/aromatic N) is 5. The second-order valence-corrected chi connectivity index (χ2v) is 9.51. The fourth-order valence-electron chi connectivity index (χ4n) is 4.97. The molecule has 0 N–H and O–H groups in total. The molecule has 5 rings (SSSR count). The van der Waals surface area contributed by atoms with Gasteiger partial charge in [-0.2, -0.15) is 0 Å². The molecule has 0 radical (unpaired) electrons. The van der Waals surface area contributed by atoms with Crippen molar-refractivity contribution in [1.82, 2.24) is 19.8 Å². The highest BCUT2D eigenvalue weighted by atomic mass is 16.2. The van der Waals surface area contributed by atoms with Crippen molar-refractivity contribution in [1.29, 1.82) is 0 Å². The minimum Gasteiger partial charge on any atom is -0.340 e. The number of hydrogen-bond donors (Lipinski definition) is 0. The molecular formula is C28H33N5O. The lowest BCUT2D eigenvalue weighted by Crippen LogP contribution is -2.52. The molecule has 2 saturated heterocycles. The number of benzene rings is 2. The van der Waals surface area contributed by atoms with Gasteiger partial charge in [0.25, 0.3) is 0 Å². The van der Waals surface area contributed by atoms with Gasteiger partial charge < -0.3 is 9.80 Å². The molecule has 0 aliphatic carbocycles. The molecule has 1 amide bonds. The minimum absolute atomic E-state index is 0.0230. The van der Waals surface area contributed by atoms with E-state index in [2.05, 4.69) is 86.2 Å². The minimum atomic E-state index is 0.0230. The molecule has 0 spiro atoms. The Morgan fingerprint density at radius 2 is 1.59 bits per heavy atom. The van der Waals surface area contributed by atoms with Gasteiger partial charge in [-0.1, -0.05) is 60.2 Å². The standard InChI is InChI=1S/C28H33N5O/c1-22-9-11-24(12-10-22)26-18-29-28(30-19-26)33-13-5-8-25(21-33)27(34)32-16-14-31(15-17-32)20-23-6-3-2-4-7-23/h2-4,6-7,9-12,18-19,25H,5,8,13-17,20-21H2,1H3/t25-/m1/s1. The number of anilines is 1. The maximum atomic E-state index is 13.3. The van der Waals surface area contributed by atoms with Gasteiger partial charge in [-0.3, -0.25) is 9.69 Å². The van der Waals surface area contributed by atoms with E-state index in [4.69, 9.17) is 0 Å². The van der Waals surface area contributed by atoms with Gasteiger partial charge in [0.05, 0.1) is 5.92 Å². The molecule has 2 aliphatic heterocycles. The summed E-state index contributed by atoms with van der Waals surface area (Å²) in [7, 11) is 0. The van der Waals surface area contributed by atoms with E-state index >= 15 is 0 Å². The number of rotatable bonds is 5. The molecule has 6 heteroatoms. The molecule has 2 aliphatic rings. The van der Waals surface area contributed by atoms with Crippen LogP contribution in [-0.2, 0) is 11.3 Å². The van der Waals surface area contributed by atoms with Crippen molar-refractivity contribution in [3.8, 4) is 11.1 Å². The lowest BCUT2D eigenvalue weighted by molar-refractivity contribution is -0.137. The van der Waals surface area contributed by atoms with E-state index in [9.17, 15) is 4.79 Å². The van der Waals surface area contributed by atoms with Crippen LogP contribution in [0.5, 0.6) is 0 Å². The van der Waals surface area contributed by atoms with Gasteiger partial charge in [-0.05, 0) is 30.9 Å². The van der Waals surface area contributed by atoms with E-state index in [1.807, 2.05) is 12.4 Å². The number of carbonyl (C=O) groups is 1. The van der Waals surface area contributed by atoms with Crippen LogP contribution in [0, 0.1) is 12.8 Å². The number of aromatic nitrogens is 2. The quantitative estimate of drug-likeness (QED) is 0.582. The van der Waals surface area contributed by atoms with Gasteiger partial charge in [0.2, 0.25) is 11.9 Å². The van der Waals surface area contributed by atoms with Crippen LogP contribution >= 0.6 is 0 Å². The summed E-state index contributed by atoms with van der Waals surface area (Å²) in [5.41, 5.74) is 4.71. The molecule has 6 nitrogen and oxygen atoms in total. The average molecular weight is 456 g/mol. The number of piperazine rings is 1. The van der Waals surface area contributed by atoms with Crippen LogP contribution in [0.15, 0.2) is 67.0 Å². The van der Waals surface area contributed by atoms with Gasteiger partial charge in [0.15, 0.2) is 0 Å². The number of carbonyl (C=O) groups excluding carboxylic acids is 1. The van der Waals surface area contributed by atoms with Gasteiger partial charge in [-0.25, -0.2) is 9.97 Å². The third kappa shape index (κ3) is 5.28. The van der Waals surface area contributed by atoms with E-state index in [-0.39, 0.29) is 5.92 Å². The Kier molecular flexibility index (Phi) is 6.86. The Morgan fingerprint density at radius 1 is 0.882 bits per heavy atom. The maximum Gasteiger partial charge on any atom is 0.227 e. The zero-order valence-corrected chi connectivity index (χ0v) is 19.9. The molecule has 1 atom stereocenters. The van der Waals surface area contributed by atoms with E-state index in [0.29, 0.717) is 12.5 Å². The number of hydrogen-bond acceptors (Lipinski definition) is 5. The molecule has 0 unspecified atom stereocenters. The monoisotopic (exact) mass is 455 g/mol. The van der Waals surface area contributed by atoms with Crippen LogP contribution in [0.2, 0.25) is 0 Å². The largest absolute Gasteiger partial charge is 0.340 e. The Balaban J connectivity index is 1.16. The van der Waals surface area contributed by atoms with Crippen LogP contribution in [-0.4, -0.2) is 64.9 Å². The first-order chi connectivity index (χ1) is 16.7. The van der Waals surface area contributed by atoms with Crippen LogP contribution in [0.3, 0.4) is 0 Å². The van der Waals surface area contributed by atoms with E-state index < -0.39 is 0 Å². The van der Waals surface area contributed by atoms with Crippen molar-refractivity contribution >= 4 is 11.9 Å². The molecule has 34 heavy (non-hydrogen) atoms.